The summed E-state index contributed by atoms with van der Waals surface area (Å²) in [6.07, 6.45) is 42.1. The van der Waals surface area contributed by atoms with Crippen molar-refractivity contribution in [2.45, 2.75) is 148 Å². The molecule has 0 saturated carbocycles. The van der Waals surface area contributed by atoms with Gasteiger partial charge in [0.1, 0.15) is 0 Å². The van der Waals surface area contributed by atoms with Crippen molar-refractivity contribution < 1.29 is 19.4 Å². The first-order chi connectivity index (χ1) is 19.1. The van der Waals surface area contributed by atoms with E-state index in [9.17, 15) is 9.59 Å². The van der Waals surface area contributed by atoms with Crippen molar-refractivity contribution in [3.05, 3.63) is 60.8 Å². The number of carbonyl (C=O) groups excluding carboxylic acids is 1. The lowest BCUT2D eigenvalue weighted by molar-refractivity contribution is -0.148. The lowest BCUT2D eigenvalue weighted by atomic mass is 10.0. The molecule has 0 aromatic carbocycles. The quantitative estimate of drug-likeness (QED) is 0.0637. The van der Waals surface area contributed by atoms with E-state index in [1.807, 2.05) is 6.92 Å². The zero-order valence-corrected chi connectivity index (χ0v) is 25.2. The summed E-state index contributed by atoms with van der Waals surface area (Å²) in [4.78, 5) is 22.5. The lowest BCUT2D eigenvalue weighted by Gasteiger charge is -2.13. The Labute approximate surface area is 240 Å². The van der Waals surface area contributed by atoms with Crippen LogP contribution >= 0.6 is 0 Å². The third-order valence-electron chi connectivity index (χ3n) is 6.49. The Balaban J connectivity index is 3.52. The number of carboxylic acid groups (broad SMARTS) is 1. The van der Waals surface area contributed by atoms with E-state index in [2.05, 4.69) is 67.7 Å². The molecule has 39 heavy (non-hydrogen) atoms. The molecule has 1 N–H and O–H groups in total. The summed E-state index contributed by atoms with van der Waals surface area (Å²) < 4.78 is 5.56. The molecule has 0 saturated heterocycles. The number of ether oxygens (including phenoxy) is 1. The van der Waals surface area contributed by atoms with Gasteiger partial charge in [-0.1, -0.05) is 119 Å². The zero-order valence-electron chi connectivity index (χ0n) is 25.2. The number of carboxylic acids is 1. The summed E-state index contributed by atoms with van der Waals surface area (Å²) in [5.74, 6) is -0.755. The van der Waals surface area contributed by atoms with Crippen LogP contribution in [0.4, 0.5) is 0 Å². The molecule has 0 amide bonds. The van der Waals surface area contributed by atoms with Gasteiger partial charge in [-0.05, 0) is 71.1 Å². The number of aliphatic carboxylic acids is 1. The van der Waals surface area contributed by atoms with Gasteiger partial charge in [-0.2, -0.15) is 0 Å². The second-order valence-electron chi connectivity index (χ2n) is 10.4. The van der Waals surface area contributed by atoms with Crippen molar-refractivity contribution >= 4 is 11.9 Å². The van der Waals surface area contributed by atoms with Crippen LogP contribution in [0.25, 0.3) is 0 Å². The van der Waals surface area contributed by atoms with Crippen molar-refractivity contribution in [2.75, 3.05) is 0 Å². The Bertz CT molecular complexity index is 714. The molecule has 1 unspecified atom stereocenters. The van der Waals surface area contributed by atoms with E-state index in [0.29, 0.717) is 12.8 Å². The number of hydrogen-bond donors (Lipinski definition) is 1. The van der Waals surface area contributed by atoms with Gasteiger partial charge in [-0.3, -0.25) is 9.59 Å². The summed E-state index contributed by atoms with van der Waals surface area (Å²) in [5.41, 5.74) is 0. The maximum absolute atomic E-state index is 12.0. The van der Waals surface area contributed by atoms with E-state index in [4.69, 9.17) is 9.84 Å². The molecular weight excluding hydrogens is 484 g/mol. The summed E-state index contributed by atoms with van der Waals surface area (Å²) in [6, 6.07) is 0. The molecule has 0 aliphatic rings. The van der Waals surface area contributed by atoms with E-state index in [1.165, 1.54) is 38.5 Å². The van der Waals surface area contributed by atoms with Crippen LogP contribution in [0.2, 0.25) is 0 Å². The van der Waals surface area contributed by atoms with Crippen LogP contribution in [0.15, 0.2) is 60.8 Å². The Morgan fingerprint density at radius 3 is 1.51 bits per heavy atom. The van der Waals surface area contributed by atoms with E-state index in [1.54, 1.807) is 0 Å². The predicted molar refractivity (Wildman–Crippen MR) is 167 cm³/mol. The molecule has 0 rings (SSSR count). The minimum atomic E-state index is -0.684. The summed E-state index contributed by atoms with van der Waals surface area (Å²) in [5, 5.41) is 8.62. The van der Waals surface area contributed by atoms with Gasteiger partial charge in [-0.25, -0.2) is 0 Å². The van der Waals surface area contributed by atoms with E-state index in [-0.39, 0.29) is 12.1 Å². The Hall–Kier alpha value is -2.36. The summed E-state index contributed by atoms with van der Waals surface area (Å²) in [7, 11) is 0. The molecule has 4 heteroatoms. The number of carbonyl (C=O) groups is 2. The van der Waals surface area contributed by atoms with Crippen LogP contribution in [0.5, 0.6) is 0 Å². The average Bonchev–Trinajstić information content (AvgIpc) is 2.90. The number of esters is 1. The third kappa shape index (κ3) is 31.8. The summed E-state index contributed by atoms with van der Waals surface area (Å²) in [6.45, 7) is 4.16. The SMILES string of the molecule is CC/C=C\C/C=C\C/C=C\C/C=C\C/C=C\CCCC(=O)OC(C)CCCCCCCCCCCCC(=O)O. The molecule has 0 fully saturated rings. The molecule has 1 atom stereocenters. The van der Waals surface area contributed by atoms with Gasteiger partial charge >= 0.3 is 11.9 Å². The number of unbranched alkanes of at least 4 members (excludes halogenated alkanes) is 10. The van der Waals surface area contributed by atoms with Crippen LogP contribution in [0.3, 0.4) is 0 Å². The highest BCUT2D eigenvalue weighted by molar-refractivity contribution is 5.69. The van der Waals surface area contributed by atoms with Gasteiger partial charge < -0.3 is 9.84 Å². The topological polar surface area (TPSA) is 63.6 Å². The largest absolute Gasteiger partial charge is 0.481 e. The van der Waals surface area contributed by atoms with Gasteiger partial charge in [0.25, 0.3) is 0 Å². The fourth-order valence-corrected chi connectivity index (χ4v) is 4.20. The molecule has 0 aliphatic heterocycles. The van der Waals surface area contributed by atoms with Gasteiger partial charge in [0.05, 0.1) is 6.10 Å². The number of rotatable bonds is 27. The molecule has 0 radical (unpaired) electrons. The molecule has 0 bridgehead atoms. The maximum atomic E-state index is 12.0. The molecule has 0 aromatic rings. The average molecular weight is 543 g/mol. The normalized spacial score (nSPS) is 13.1. The van der Waals surface area contributed by atoms with E-state index >= 15 is 0 Å². The van der Waals surface area contributed by atoms with Gasteiger partial charge in [0, 0.05) is 12.8 Å². The molecule has 0 aromatic heterocycles. The standard InChI is InChI=1S/C35H58O4/c1-3-4-5-6-7-8-9-10-11-12-13-14-15-20-23-26-29-32-35(38)39-33(2)30-27-24-21-18-16-17-19-22-25-28-31-34(36)37/h4-5,7-8,10-11,13-14,20,23,33H,3,6,9,12,15-19,21-22,24-32H2,1-2H3,(H,36,37)/b5-4-,8-7-,11-10-,14-13-,23-20-. The first-order valence-electron chi connectivity index (χ1n) is 15.7. The van der Waals surface area contributed by atoms with Crippen LogP contribution in [0.1, 0.15) is 142 Å². The van der Waals surface area contributed by atoms with Crippen molar-refractivity contribution in [3.63, 3.8) is 0 Å². The second kappa shape index (κ2) is 30.2. The number of allylic oxidation sites excluding steroid dienone is 10. The van der Waals surface area contributed by atoms with Crippen LogP contribution in [0, 0.1) is 0 Å². The van der Waals surface area contributed by atoms with E-state index in [0.717, 1.165) is 77.0 Å². The van der Waals surface area contributed by atoms with Crippen LogP contribution in [-0.4, -0.2) is 23.1 Å². The molecule has 0 spiro atoms. The van der Waals surface area contributed by atoms with Crippen LogP contribution < -0.4 is 0 Å². The Kier molecular flexibility index (Phi) is 28.4. The molecular formula is C35H58O4. The Morgan fingerprint density at radius 1 is 0.590 bits per heavy atom. The summed E-state index contributed by atoms with van der Waals surface area (Å²) >= 11 is 0. The van der Waals surface area contributed by atoms with Gasteiger partial charge in [-0.15, -0.1) is 0 Å². The fourth-order valence-electron chi connectivity index (χ4n) is 4.20. The first-order valence-corrected chi connectivity index (χ1v) is 15.7. The highest BCUT2D eigenvalue weighted by atomic mass is 16.5. The van der Waals surface area contributed by atoms with Crippen molar-refractivity contribution in [1.29, 1.82) is 0 Å². The predicted octanol–water partition coefficient (Wildman–Crippen LogP) is 10.6. The minimum absolute atomic E-state index is 0.0111. The third-order valence-corrected chi connectivity index (χ3v) is 6.49. The van der Waals surface area contributed by atoms with Crippen molar-refractivity contribution in [2.24, 2.45) is 0 Å². The molecule has 0 aliphatic carbocycles. The van der Waals surface area contributed by atoms with Crippen molar-refractivity contribution in [1.82, 2.24) is 0 Å². The highest BCUT2D eigenvalue weighted by Gasteiger charge is 2.08. The molecule has 4 nitrogen and oxygen atoms in total. The second-order valence-corrected chi connectivity index (χ2v) is 10.4. The maximum Gasteiger partial charge on any atom is 0.306 e. The monoisotopic (exact) mass is 542 g/mol. The first kappa shape index (κ1) is 36.6. The van der Waals surface area contributed by atoms with Crippen LogP contribution in [-0.2, 0) is 14.3 Å². The van der Waals surface area contributed by atoms with Crippen molar-refractivity contribution in [3.8, 4) is 0 Å². The Morgan fingerprint density at radius 2 is 1.03 bits per heavy atom. The van der Waals surface area contributed by atoms with Gasteiger partial charge in [0.15, 0.2) is 0 Å². The zero-order chi connectivity index (χ0) is 28.7. The smallest absolute Gasteiger partial charge is 0.306 e. The molecule has 0 heterocycles. The van der Waals surface area contributed by atoms with Gasteiger partial charge in [0.2, 0.25) is 0 Å². The minimum Gasteiger partial charge on any atom is -0.481 e. The van der Waals surface area contributed by atoms with E-state index < -0.39 is 5.97 Å². The highest BCUT2D eigenvalue weighted by Crippen LogP contribution is 2.14. The number of hydrogen-bond acceptors (Lipinski definition) is 3. The lowest BCUT2D eigenvalue weighted by Crippen LogP contribution is -2.14. The fraction of sp³-hybridized carbons (Fsp3) is 0.657. The molecule has 222 valence electrons.